The molecule has 0 radical (unpaired) electrons. The van der Waals surface area contributed by atoms with Gasteiger partial charge >= 0.3 is 0 Å². The first-order valence-corrected chi connectivity index (χ1v) is 3.85. The molecule has 0 fully saturated rings. The van der Waals surface area contributed by atoms with Gasteiger partial charge in [-0.05, 0) is 0 Å². The topological polar surface area (TPSA) is 81.9 Å². The molecule has 1 aromatic rings. The molecule has 0 spiro atoms. The zero-order chi connectivity index (χ0) is 8.81. The van der Waals surface area contributed by atoms with E-state index in [9.17, 15) is 0 Å². The van der Waals surface area contributed by atoms with Crippen LogP contribution in [0.3, 0.4) is 0 Å². The Hall–Kier alpha value is -1.47. The fourth-order valence-electron chi connectivity index (χ4n) is 0.517. The summed E-state index contributed by atoms with van der Waals surface area (Å²) in [5.41, 5.74) is 4.15. The van der Waals surface area contributed by atoms with Crippen molar-refractivity contribution in [3.8, 4) is 0 Å². The van der Waals surface area contributed by atoms with Gasteiger partial charge in [0.25, 0.3) is 0 Å². The van der Waals surface area contributed by atoms with Crippen molar-refractivity contribution in [2.75, 3.05) is 0 Å². The summed E-state index contributed by atoms with van der Waals surface area (Å²) in [5.74, 6) is 0.0833. The van der Waals surface area contributed by atoms with Gasteiger partial charge in [0.1, 0.15) is 0 Å². The van der Waals surface area contributed by atoms with Crippen LogP contribution in [-0.4, -0.2) is 22.9 Å². The van der Waals surface area contributed by atoms with E-state index < -0.39 is 0 Å². The fraction of sp³-hybridized carbons (Fsp3) is 0. The third-order valence-corrected chi connectivity index (χ3v) is 1.58. The number of nitrogens with one attached hydrogen (secondary N) is 2. The third kappa shape index (κ3) is 2.29. The van der Waals surface area contributed by atoms with Gasteiger partial charge in [-0.3, -0.25) is 5.21 Å². The predicted molar refractivity (Wildman–Crippen MR) is 46.8 cm³/mol. The first-order valence-electron chi connectivity index (χ1n) is 2.97. The van der Waals surface area contributed by atoms with Crippen LogP contribution in [-0.2, 0) is 0 Å². The molecule has 0 atom stereocenters. The van der Waals surface area contributed by atoms with Crippen molar-refractivity contribution in [1.82, 2.24) is 15.9 Å². The summed E-state index contributed by atoms with van der Waals surface area (Å²) in [5, 5.41) is 14.1. The van der Waals surface area contributed by atoms with Crippen molar-refractivity contribution >= 4 is 29.1 Å². The summed E-state index contributed by atoms with van der Waals surface area (Å²) in [6, 6.07) is 0. The largest absolute Gasteiger partial charge is 0.288 e. The molecule has 1 aromatic heterocycles. The highest BCUT2D eigenvalue weighted by atomic mass is 32.1. The van der Waals surface area contributed by atoms with Crippen LogP contribution in [0.25, 0.3) is 0 Å². The van der Waals surface area contributed by atoms with Crippen molar-refractivity contribution in [2.45, 2.75) is 0 Å². The normalized spacial score (nSPS) is 10.9. The first-order chi connectivity index (χ1) is 5.86. The Labute approximate surface area is 72.6 Å². The van der Waals surface area contributed by atoms with Crippen molar-refractivity contribution < 1.29 is 5.21 Å². The summed E-state index contributed by atoms with van der Waals surface area (Å²) >= 11 is 1.34. The number of hydrogen-bond donors (Lipinski definition) is 3. The zero-order valence-corrected chi connectivity index (χ0v) is 6.88. The lowest BCUT2D eigenvalue weighted by molar-refractivity contribution is 0.230. The number of hydroxylamine groups is 1. The van der Waals surface area contributed by atoms with Gasteiger partial charge in [-0.25, -0.2) is 15.9 Å². The second kappa shape index (κ2) is 4.42. The number of aliphatic imine (C=N–C) groups is 1. The molecule has 3 N–H and O–H groups in total. The number of rotatable bonds is 2. The van der Waals surface area contributed by atoms with E-state index in [1.54, 1.807) is 11.6 Å². The van der Waals surface area contributed by atoms with Crippen molar-refractivity contribution in [3.05, 3.63) is 11.6 Å². The average Bonchev–Trinajstić information content (AvgIpc) is 2.56. The van der Waals surface area contributed by atoms with Crippen LogP contribution in [0.4, 0.5) is 5.13 Å². The molecule has 0 saturated carbocycles. The SMILES string of the molecule is C=NNC(=Nc1nccs1)NO. The van der Waals surface area contributed by atoms with Gasteiger partial charge in [0, 0.05) is 18.3 Å². The van der Waals surface area contributed by atoms with Crippen molar-refractivity contribution in [3.63, 3.8) is 0 Å². The van der Waals surface area contributed by atoms with E-state index >= 15 is 0 Å². The lowest BCUT2D eigenvalue weighted by Crippen LogP contribution is -2.30. The van der Waals surface area contributed by atoms with Crippen LogP contribution in [0.2, 0.25) is 0 Å². The number of guanidine groups is 1. The van der Waals surface area contributed by atoms with E-state index in [-0.39, 0.29) is 5.96 Å². The standard InChI is InChI=1S/C5H7N5OS/c1-6-9-4(10-11)8-5-7-2-3-12-5/h2-3,11H,1H2,(H2,7,8,9,10). The van der Waals surface area contributed by atoms with Gasteiger partial charge in [-0.1, -0.05) is 0 Å². The molecule has 0 bridgehead atoms. The molecule has 0 amide bonds. The molecular weight excluding hydrogens is 178 g/mol. The Kier molecular flexibility index (Phi) is 3.17. The van der Waals surface area contributed by atoms with Crippen LogP contribution in [0.5, 0.6) is 0 Å². The second-order valence-electron chi connectivity index (χ2n) is 1.66. The summed E-state index contributed by atoms with van der Waals surface area (Å²) in [6.45, 7) is 3.17. The number of nitrogens with zero attached hydrogens (tertiary/aromatic N) is 3. The molecule has 1 heterocycles. The van der Waals surface area contributed by atoms with Gasteiger partial charge in [-0.2, -0.15) is 10.1 Å². The molecule has 0 saturated heterocycles. The van der Waals surface area contributed by atoms with E-state index in [1.165, 1.54) is 11.3 Å². The predicted octanol–water partition coefficient (Wildman–Crippen LogP) is 0.315. The molecule has 0 unspecified atom stereocenters. The molecule has 6 nitrogen and oxygen atoms in total. The minimum Gasteiger partial charge on any atom is -0.288 e. The van der Waals surface area contributed by atoms with Gasteiger partial charge in [0.2, 0.25) is 11.1 Å². The summed E-state index contributed by atoms with van der Waals surface area (Å²) < 4.78 is 0. The second-order valence-corrected chi connectivity index (χ2v) is 2.53. The first kappa shape index (κ1) is 8.62. The number of hydrazone groups is 1. The maximum Gasteiger partial charge on any atom is 0.243 e. The molecule has 12 heavy (non-hydrogen) atoms. The zero-order valence-electron chi connectivity index (χ0n) is 6.06. The van der Waals surface area contributed by atoms with Gasteiger partial charge in [0.15, 0.2) is 0 Å². The smallest absolute Gasteiger partial charge is 0.243 e. The van der Waals surface area contributed by atoms with E-state index in [2.05, 4.69) is 27.2 Å². The Morgan fingerprint density at radius 2 is 2.58 bits per heavy atom. The minimum absolute atomic E-state index is 0.0833. The number of hydrogen-bond acceptors (Lipinski definition) is 5. The summed E-state index contributed by atoms with van der Waals surface area (Å²) in [7, 11) is 0. The Morgan fingerprint density at radius 1 is 1.75 bits per heavy atom. The van der Waals surface area contributed by atoms with Crippen molar-refractivity contribution in [1.29, 1.82) is 0 Å². The fourth-order valence-corrected chi connectivity index (χ4v) is 1.03. The van der Waals surface area contributed by atoms with Gasteiger partial charge in [0.05, 0.1) is 0 Å². The highest BCUT2D eigenvalue weighted by Crippen LogP contribution is 2.13. The highest BCUT2D eigenvalue weighted by Gasteiger charge is 1.95. The maximum absolute atomic E-state index is 8.50. The Balaban J connectivity index is 2.70. The molecule has 1 rings (SSSR count). The number of aromatic nitrogens is 1. The lowest BCUT2D eigenvalue weighted by atomic mass is 10.9. The van der Waals surface area contributed by atoms with Crippen LogP contribution in [0.1, 0.15) is 0 Å². The van der Waals surface area contributed by atoms with Crippen LogP contribution >= 0.6 is 11.3 Å². The van der Waals surface area contributed by atoms with Gasteiger partial charge < -0.3 is 0 Å². The van der Waals surface area contributed by atoms with E-state index in [0.29, 0.717) is 5.13 Å². The van der Waals surface area contributed by atoms with Gasteiger partial charge in [-0.15, -0.1) is 11.3 Å². The molecule has 0 aromatic carbocycles. The number of thiazole rings is 1. The Bertz CT molecular complexity index is 269. The summed E-state index contributed by atoms with van der Waals surface area (Å²) in [4.78, 5) is 7.71. The Morgan fingerprint density at radius 3 is 3.08 bits per heavy atom. The monoisotopic (exact) mass is 185 g/mol. The lowest BCUT2D eigenvalue weighted by Gasteiger charge is -1.99. The maximum atomic E-state index is 8.50. The van der Waals surface area contributed by atoms with E-state index in [0.717, 1.165) is 0 Å². The molecule has 7 heteroatoms. The molecular formula is C5H7N5OS. The van der Waals surface area contributed by atoms with E-state index in [1.807, 2.05) is 5.48 Å². The van der Waals surface area contributed by atoms with Crippen LogP contribution in [0.15, 0.2) is 21.7 Å². The van der Waals surface area contributed by atoms with E-state index in [4.69, 9.17) is 5.21 Å². The highest BCUT2D eigenvalue weighted by molar-refractivity contribution is 7.13. The minimum atomic E-state index is 0.0833. The third-order valence-electron chi connectivity index (χ3n) is 0.918. The average molecular weight is 185 g/mol. The van der Waals surface area contributed by atoms with Crippen molar-refractivity contribution in [2.24, 2.45) is 10.1 Å². The van der Waals surface area contributed by atoms with Crippen LogP contribution < -0.4 is 10.9 Å². The van der Waals surface area contributed by atoms with Crippen LogP contribution in [0, 0.1) is 0 Å². The molecule has 0 aliphatic rings. The molecule has 0 aliphatic carbocycles. The molecule has 64 valence electrons. The molecule has 0 aliphatic heterocycles. The summed E-state index contributed by atoms with van der Waals surface area (Å²) in [6.07, 6.45) is 1.61. The quantitative estimate of drug-likeness (QED) is 0.352.